The van der Waals surface area contributed by atoms with Gasteiger partial charge in [0.25, 0.3) is 0 Å². The maximum absolute atomic E-state index is 2.30. The number of hydrogen-bond acceptors (Lipinski definition) is 0. The van der Waals surface area contributed by atoms with Crippen LogP contribution in [0.4, 0.5) is 0 Å². The summed E-state index contributed by atoms with van der Waals surface area (Å²) in [5.41, 5.74) is 0. The van der Waals surface area contributed by atoms with Gasteiger partial charge in [0.2, 0.25) is 0 Å². The first-order valence-electron chi connectivity index (χ1n) is 5.12. The maximum atomic E-state index is 2.30. The summed E-state index contributed by atoms with van der Waals surface area (Å²) in [7, 11) is 0. The van der Waals surface area contributed by atoms with E-state index in [4.69, 9.17) is 0 Å². The van der Waals surface area contributed by atoms with Crippen molar-refractivity contribution in [3.05, 3.63) is 0 Å². The van der Waals surface area contributed by atoms with Gasteiger partial charge in [-0.05, 0) is 0 Å². The van der Waals surface area contributed by atoms with Gasteiger partial charge < -0.3 is 0 Å². The van der Waals surface area contributed by atoms with Gasteiger partial charge in [-0.25, -0.2) is 0 Å². The summed E-state index contributed by atoms with van der Waals surface area (Å²) < 4.78 is 3.33. The van der Waals surface area contributed by atoms with Crippen molar-refractivity contribution in [2.24, 2.45) is 0 Å². The quantitative estimate of drug-likeness (QED) is 0.462. The minimum absolute atomic E-state index is 0.0699. The molecule has 0 radical (unpaired) electrons. The summed E-state index contributed by atoms with van der Waals surface area (Å²) in [6, 6.07) is 0. The first-order valence-corrected chi connectivity index (χ1v) is 10.6. The Hall–Kier alpha value is 0.883. The van der Waals surface area contributed by atoms with E-state index in [9.17, 15) is 0 Å². The fraction of sp³-hybridized carbons (Fsp3) is 1.00. The Labute approximate surface area is 83.7 Å². The van der Waals surface area contributed by atoms with Crippen molar-refractivity contribution in [1.82, 2.24) is 0 Å². The van der Waals surface area contributed by atoms with Crippen molar-refractivity contribution in [2.45, 2.75) is 60.6 Å². The second-order valence-electron chi connectivity index (χ2n) is 3.16. The Morgan fingerprint density at radius 2 is 1.18 bits per heavy atom. The van der Waals surface area contributed by atoms with Crippen molar-refractivity contribution < 1.29 is 0 Å². The van der Waals surface area contributed by atoms with Gasteiger partial charge in [-0.3, -0.25) is 0 Å². The first kappa shape index (κ1) is 11.9. The molecule has 11 heavy (non-hydrogen) atoms. The molecular weight excluding hydrogens is 329 g/mol. The second kappa shape index (κ2) is 10.9. The molecule has 0 atom stereocenters. The fourth-order valence-corrected chi connectivity index (χ4v) is 5.98. The van der Waals surface area contributed by atoms with Gasteiger partial charge in [-0.15, -0.1) is 0 Å². The molecule has 0 aromatic heterocycles. The van der Waals surface area contributed by atoms with Crippen molar-refractivity contribution in [1.29, 1.82) is 0 Å². The average Bonchev–Trinajstić information content (AvgIpc) is 2.03. The van der Waals surface area contributed by atoms with Crippen LogP contribution in [-0.4, -0.2) is 23.2 Å². The Morgan fingerprint density at radius 3 is 1.55 bits per heavy atom. The summed E-state index contributed by atoms with van der Waals surface area (Å²) in [6.07, 6.45) is 8.87. The van der Waals surface area contributed by atoms with Gasteiger partial charge in [0.05, 0.1) is 0 Å². The van der Waals surface area contributed by atoms with Crippen LogP contribution >= 0.6 is 0 Å². The van der Waals surface area contributed by atoms with E-state index in [-0.39, 0.29) is 23.2 Å². The topological polar surface area (TPSA) is 0 Å². The van der Waals surface area contributed by atoms with Crippen LogP contribution in [0.3, 0.4) is 0 Å². The van der Waals surface area contributed by atoms with Crippen LogP contribution in [0, 0.1) is 0 Å². The summed E-state index contributed by atoms with van der Waals surface area (Å²) in [5, 5.41) is 0. The van der Waals surface area contributed by atoms with Gasteiger partial charge in [0.15, 0.2) is 0 Å². The normalized spacial score (nSPS) is 10.4. The van der Waals surface area contributed by atoms with Crippen molar-refractivity contribution in [3.8, 4) is 0 Å². The molecule has 0 aromatic carbocycles. The van der Waals surface area contributed by atoms with E-state index in [0.29, 0.717) is 0 Å². The van der Waals surface area contributed by atoms with Crippen LogP contribution in [0.5, 0.6) is 0 Å². The fourth-order valence-electron chi connectivity index (χ4n) is 1.12. The molecule has 0 heterocycles. The summed E-state index contributed by atoms with van der Waals surface area (Å²) >= 11 is -0.0699. The second-order valence-corrected chi connectivity index (χ2v) is 9.00. The molecule has 0 unspecified atom stereocenters. The molecule has 0 aliphatic heterocycles. The van der Waals surface area contributed by atoms with E-state index in [1.165, 1.54) is 25.7 Å². The van der Waals surface area contributed by atoms with Gasteiger partial charge in [0.1, 0.15) is 0 Å². The van der Waals surface area contributed by atoms with Crippen LogP contribution in [0.25, 0.3) is 0 Å². The SMILES string of the molecule is CCCC[CH2][BiH][CH2]CCCC. The van der Waals surface area contributed by atoms with Crippen molar-refractivity contribution in [3.63, 3.8) is 0 Å². The standard InChI is InChI=1S/2C5H11.Bi.H/c2*1-3-5-4-2;;/h2*1,3-5H2,2H3;;. The molecule has 0 saturated carbocycles. The summed E-state index contributed by atoms with van der Waals surface area (Å²) in [4.78, 5) is 0. The number of rotatable bonds is 8. The van der Waals surface area contributed by atoms with Gasteiger partial charge in [-0.2, -0.15) is 0 Å². The van der Waals surface area contributed by atoms with Crippen molar-refractivity contribution in [2.75, 3.05) is 0 Å². The summed E-state index contributed by atoms with van der Waals surface area (Å²) in [5.74, 6) is 0. The van der Waals surface area contributed by atoms with E-state index >= 15 is 0 Å². The predicted octanol–water partition coefficient (Wildman–Crippen LogP) is 3.64. The van der Waals surface area contributed by atoms with Gasteiger partial charge >= 0.3 is 83.9 Å². The average molecular weight is 352 g/mol. The van der Waals surface area contributed by atoms with Crippen LogP contribution < -0.4 is 0 Å². The molecule has 0 amide bonds. The molecule has 0 bridgehead atoms. The molecule has 0 aliphatic rings. The zero-order chi connectivity index (χ0) is 8.36. The molecule has 0 aliphatic carbocycles. The Balaban J connectivity index is 2.69. The van der Waals surface area contributed by atoms with Gasteiger partial charge in [-0.1, -0.05) is 0 Å². The number of unbranched alkanes of at least 4 members (excludes halogenated alkanes) is 4. The molecule has 0 rings (SSSR count). The molecular formula is C10H23Bi. The molecule has 0 saturated heterocycles. The molecule has 0 spiro atoms. The third-order valence-electron chi connectivity index (χ3n) is 1.91. The summed E-state index contributed by atoms with van der Waals surface area (Å²) in [6.45, 7) is 4.59. The first-order chi connectivity index (χ1) is 5.41. The van der Waals surface area contributed by atoms with Crippen LogP contribution in [0.2, 0.25) is 8.26 Å². The molecule has 68 valence electrons. The molecule has 0 nitrogen and oxygen atoms in total. The molecule has 0 aromatic rings. The van der Waals surface area contributed by atoms with Crippen LogP contribution in [-0.2, 0) is 0 Å². The van der Waals surface area contributed by atoms with E-state index in [1.54, 1.807) is 21.1 Å². The Kier molecular flexibility index (Phi) is 11.8. The van der Waals surface area contributed by atoms with E-state index < -0.39 is 0 Å². The van der Waals surface area contributed by atoms with Crippen LogP contribution in [0.1, 0.15) is 52.4 Å². The third kappa shape index (κ3) is 10.9. The van der Waals surface area contributed by atoms with E-state index in [0.717, 1.165) is 0 Å². The van der Waals surface area contributed by atoms with Crippen LogP contribution in [0.15, 0.2) is 0 Å². The monoisotopic (exact) mass is 352 g/mol. The Morgan fingerprint density at radius 1 is 0.727 bits per heavy atom. The van der Waals surface area contributed by atoms with Gasteiger partial charge in [0, 0.05) is 0 Å². The van der Waals surface area contributed by atoms with E-state index in [2.05, 4.69) is 13.8 Å². The number of hydrogen-bond donors (Lipinski definition) is 0. The zero-order valence-electron chi connectivity index (χ0n) is 8.16. The van der Waals surface area contributed by atoms with E-state index in [1.807, 2.05) is 0 Å². The zero-order valence-corrected chi connectivity index (χ0v) is 12.0. The Bertz CT molecular complexity index is 53.9. The molecule has 0 fully saturated rings. The minimum atomic E-state index is -0.0699. The van der Waals surface area contributed by atoms with Crippen molar-refractivity contribution >= 4 is 23.2 Å². The molecule has 0 N–H and O–H groups in total. The molecule has 1 heteroatoms. The third-order valence-corrected chi connectivity index (χ3v) is 7.41. The predicted molar refractivity (Wildman–Crippen MR) is 55.8 cm³/mol.